The summed E-state index contributed by atoms with van der Waals surface area (Å²) in [6.45, 7) is 0. The Morgan fingerprint density at radius 1 is 0.850 bits per heavy atom. The molecule has 0 spiro atoms. The molecule has 0 heterocycles. The van der Waals surface area contributed by atoms with Crippen molar-refractivity contribution in [1.82, 2.24) is 0 Å². The van der Waals surface area contributed by atoms with E-state index in [1.54, 1.807) is 33.5 Å². The fraction of sp³-hybridized carbons (Fsp3) is 0.200. The number of benzene rings is 2. The first kappa shape index (κ1) is 13.9. The molecule has 0 radical (unpaired) electrons. The van der Waals surface area contributed by atoms with Crippen molar-refractivity contribution < 1.29 is 14.2 Å². The molecule has 5 heteroatoms. The third-order valence-corrected chi connectivity index (χ3v) is 2.92. The van der Waals surface area contributed by atoms with Crippen LogP contribution in [0, 0.1) is 0 Å². The van der Waals surface area contributed by atoms with Crippen molar-refractivity contribution in [2.24, 2.45) is 0 Å². The number of ether oxygens (including phenoxy) is 3. The molecule has 3 N–H and O–H groups in total. The molecule has 20 heavy (non-hydrogen) atoms. The van der Waals surface area contributed by atoms with Crippen LogP contribution in [0.15, 0.2) is 36.4 Å². The monoisotopic (exact) mass is 274 g/mol. The number of anilines is 3. The lowest BCUT2D eigenvalue weighted by Gasteiger charge is -2.14. The Bertz CT molecular complexity index is 582. The lowest BCUT2D eigenvalue weighted by molar-refractivity contribution is 0.355. The van der Waals surface area contributed by atoms with Gasteiger partial charge in [-0.3, -0.25) is 0 Å². The Morgan fingerprint density at radius 3 is 2.00 bits per heavy atom. The van der Waals surface area contributed by atoms with Gasteiger partial charge in [-0.15, -0.1) is 0 Å². The molecule has 0 saturated carbocycles. The van der Waals surface area contributed by atoms with Crippen molar-refractivity contribution in [3.63, 3.8) is 0 Å². The van der Waals surface area contributed by atoms with E-state index in [1.165, 1.54) is 0 Å². The molecule has 2 aromatic rings. The van der Waals surface area contributed by atoms with Crippen LogP contribution < -0.4 is 25.3 Å². The molecule has 0 unspecified atom stereocenters. The highest BCUT2D eigenvalue weighted by Gasteiger charge is 2.09. The molecule has 0 aliphatic carbocycles. The summed E-state index contributed by atoms with van der Waals surface area (Å²) >= 11 is 0. The fourth-order valence-electron chi connectivity index (χ4n) is 1.83. The molecular weight excluding hydrogens is 256 g/mol. The fourth-order valence-corrected chi connectivity index (χ4v) is 1.83. The SMILES string of the molecule is COc1ccc(Nc2cc(OC)c(OC)cc2N)cc1. The molecule has 0 fully saturated rings. The minimum atomic E-state index is 0.582. The summed E-state index contributed by atoms with van der Waals surface area (Å²) in [5, 5.41) is 3.23. The Labute approximate surface area is 118 Å². The first-order valence-corrected chi connectivity index (χ1v) is 6.10. The predicted octanol–water partition coefficient (Wildman–Crippen LogP) is 3.04. The maximum Gasteiger partial charge on any atom is 0.162 e. The van der Waals surface area contributed by atoms with E-state index in [4.69, 9.17) is 19.9 Å². The van der Waals surface area contributed by atoms with Gasteiger partial charge in [-0.05, 0) is 24.3 Å². The highest BCUT2D eigenvalue weighted by atomic mass is 16.5. The zero-order valence-electron chi connectivity index (χ0n) is 11.8. The van der Waals surface area contributed by atoms with E-state index in [9.17, 15) is 0 Å². The molecule has 0 saturated heterocycles. The van der Waals surface area contributed by atoms with Crippen molar-refractivity contribution in [1.29, 1.82) is 0 Å². The number of nitrogen functional groups attached to an aromatic ring is 1. The lowest BCUT2D eigenvalue weighted by atomic mass is 10.2. The van der Waals surface area contributed by atoms with Crippen LogP contribution in [-0.4, -0.2) is 21.3 Å². The number of nitrogens with one attached hydrogen (secondary N) is 1. The largest absolute Gasteiger partial charge is 0.497 e. The third kappa shape index (κ3) is 2.88. The van der Waals surface area contributed by atoms with Crippen LogP contribution in [0.3, 0.4) is 0 Å². The van der Waals surface area contributed by atoms with Gasteiger partial charge in [0, 0.05) is 17.8 Å². The number of hydrogen-bond donors (Lipinski definition) is 2. The zero-order valence-corrected chi connectivity index (χ0v) is 11.8. The van der Waals surface area contributed by atoms with Crippen molar-refractivity contribution in [2.45, 2.75) is 0 Å². The highest BCUT2D eigenvalue weighted by Crippen LogP contribution is 2.36. The third-order valence-electron chi connectivity index (χ3n) is 2.92. The molecule has 0 aliphatic rings. The molecule has 2 aromatic carbocycles. The van der Waals surface area contributed by atoms with E-state index in [1.807, 2.05) is 24.3 Å². The van der Waals surface area contributed by atoms with Crippen LogP contribution in [0.5, 0.6) is 17.2 Å². The van der Waals surface area contributed by atoms with Crippen LogP contribution in [0.4, 0.5) is 17.1 Å². The highest BCUT2D eigenvalue weighted by molar-refractivity contribution is 5.76. The van der Waals surface area contributed by atoms with E-state index in [-0.39, 0.29) is 0 Å². The smallest absolute Gasteiger partial charge is 0.162 e. The summed E-state index contributed by atoms with van der Waals surface area (Å²) in [6.07, 6.45) is 0. The van der Waals surface area contributed by atoms with Gasteiger partial charge in [0.25, 0.3) is 0 Å². The van der Waals surface area contributed by atoms with Crippen molar-refractivity contribution in [2.75, 3.05) is 32.4 Å². The Hall–Kier alpha value is -2.56. The molecule has 2 rings (SSSR count). The molecule has 106 valence electrons. The second-order valence-electron chi connectivity index (χ2n) is 4.15. The second-order valence-corrected chi connectivity index (χ2v) is 4.15. The molecule has 0 aliphatic heterocycles. The summed E-state index contributed by atoms with van der Waals surface area (Å²) in [6, 6.07) is 11.1. The number of hydrogen-bond acceptors (Lipinski definition) is 5. The molecular formula is C15H18N2O3. The quantitative estimate of drug-likeness (QED) is 0.820. The van der Waals surface area contributed by atoms with Crippen LogP contribution >= 0.6 is 0 Å². The number of rotatable bonds is 5. The van der Waals surface area contributed by atoms with Crippen molar-refractivity contribution in [3.8, 4) is 17.2 Å². The van der Waals surface area contributed by atoms with E-state index in [0.29, 0.717) is 17.2 Å². The van der Waals surface area contributed by atoms with Crippen LogP contribution in [0.2, 0.25) is 0 Å². The lowest BCUT2D eigenvalue weighted by Crippen LogP contribution is -1.99. The van der Waals surface area contributed by atoms with Gasteiger partial charge in [0.15, 0.2) is 11.5 Å². The number of methoxy groups -OCH3 is 3. The first-order chi connectivity index (χ1) is 9.67. The molecule has 0 amide bonds. The van der Waals surface area contributed by atoms with Gasteiger partial charge >= 0.3 is 0 Å². The Kier molecular flexibility index (Phi) is 4.20. The zero-order chi connectivity index (χ0) is 14.5. The van der Waals surface area contributed by atoms with Gasteiger partial charge in [0.05, 0.1) is 32.7 Å². The van der Waals surface area contributed by atoms with Gasteiger partial charge in [-0.25, -0.2) is 0 Å². The summed E-state index contributed by atoms with van der Waals surface area (Å²) in [5.41, 5.74) is 8.25. The minimum Gasteiger partial charge on any atom is -0.497 e. The first-order valence-electron chi connectivity index (χ1n) is 6.10. The van der Waals surface area contributed by atoms with Gasteiger partial charge in [-0.1, -0.05) is 0 Å². The van der Waals surface area contributed by atoms with Gasteiger partial charge in [-0.2, -0.15) is 0 Å². The molecule has 0 bridgehead atoms. The summed E-state index contributed by atoms with van der Waals surface area (Å²) in [7, 11) is 4.80. The van der Waals surface area contributed by atoms with Gasteiger partial charge < -0.3 is 25.3 Å². The van der Waals surface area contributed by atoms with Crippen molar-refractivity contribution in [3.05, 3.63) is 36.4 Å². The topological polar surface area (TPSA) is 65.7 Å². The summed E-state index contributed by atoms with van der Waals surface area (Å²) in [4.78, 5) is 0. The standard InChI is InChI=1S/C15H18N2O3/c1-18-11-6-4-10(5-7-11)17-13-9-15(20-3)14(19-2)8-12(13)16/h4-9,17H,16H2,1-3H3. The van der Waals surface area contributed by atoms with Crippen LogP contribution in [0.1, 0.15) is 0 Å². The number of nitrogens with two attached hydrogens (primary N) is 1. The predicted molar refractivity (Wildman–Crippen MR) is 80.2 cm³/mol. The maximum absolute atomic E-state index is 6.00. The normalized spacial score (nSPS) is 9.95. The van der Waals surface area contributed by atoms with Crippen LogP contribution in [0.25, 0.3) is 0 Å². The summed E-state index contributed by atoms with van der Waals surface area (Å²) in [5.74, 6) is 2.03. The molecule has 0 atom stereocenters. The molecule has 0 aromatic heterocycles. The minimum absolute atomic E-state index is 0.582. The van der Waals surface area contributed by atoms with Gasteiger partial charge in [0.2, 0.25) is 0 Å². The van der Waals surface area contributed by atoms with E-state index < -0.39 is 0 Å². The van der Waals surface area contributed by atoms with Crippen LogP contribution in [-0.2, 0) is 0 Å². The van der Waals surface area contributed by atoms with Gasteiger partial charge in [0.1, 0.15) is 5.75 Å². The maximum atomic E-state index is 6.00. The van der Waals surface area contributed by atoms with Crippen molar-refractivity contribution >= 4 is 17.1 Å². The average Bonchev–Trinajstić information content (AvgIpc) is 2.49. The molecule has 5 nitrogen and oxygen atoms in total. The Balaban J connectivity index is 2.27. The second kappa shape index (κ2) is 6.06. The van der Waals surface area contributed by atoms with E-state index in [2.05, 4.69) is 5.32 Å². The Morgan fingerprint density at radius 2 is 1.45 bits per heavy atom. The van der Waals surface area contributed by atoms with E-state index in [0.717, 1.165) is 17.1 Å². The summed E-state index contributed by atoms with van der Waals surface area (Å²) < 4.78 is 15.6. The van der Waals surface area contributed by atoms with E-state index >= 15 is 0 Å². The average molecular weight is 274 g/mol.